The number of Topliss-reactive ketones (excluding diaryl/α,β-unsaturated/α-hetero) is 1. The molecule has 0 bridgehead atoms. The standard InChI is InChI=1S/C13H9F5N2O/c1-2-20-5-6(4-19-20)3-7(21)8-9(14)11(16)13(18)12(17)10(8)15/h4-5H,2-3H2,1H3. The fourth-order valence-electron chi connectivity index (χ4n) is 1.79. The Labute approximate surface area is 116 Å². The van der Waals surface area contributed by atoms with E-state index in [1.165, 1.54) is 17.1 Å². The van der Waals surface area contributed by atoms with E-state index in [2.05, 4.69) is 5.10 Å². The summed E-state index contributed by atoms with van der Waals surface area (Å²) in [5.74, 6) is -12.0. The van der Waals surface area contributed by atoms with Gasteiger partial charge in [0.1, 0.15) is 0 Å². The summed E-state index contributed by atoms with van der Waals surface area (Å²) in [4.78, 5) is 11.8. The third-order valence-corrected chi connectivity index (χ3v) is 2.86. The van der Waals surface area contributed by atoms with Crippen molar-refractivity contribution >= 4 is 5.78 Å². The van der Waals surface area contributed by atoms with Crippen molar-refractivity contribution in [1.29, 1.82) is 0 Å². The Morgan fingerprint density at radius 1 is 1.05 bits per heavy atom. The Balaban J connectivity index is 2.39. The molecule has 0 saturated carbocycles. The van der Waals surface area contributed by atoms with Gasteiger partial charge in [-0.3, -0.25) is 9.48 Å². The van der Waals surface area contributed by atoms with Crippen LogP contribution in [0.15, 0.2) is 12.4 Å². The van der Waals surface area contributed by atoms with E-state index in [0.717, 1.165) is 0 Å². The quantitative estimate of drug-likeness (QED) is 0.377. The van der Waals surface area contributed by atoms with Crippen molar-refractivity contribution in [2.45, 2.75) is 19.9 Å². The predicted molar refractivity (Wildman–Crippen MR) is 62.2 cm³/mol. The van der Waals surface area contributed by atoms with Gasteiger partial charge in [0, 0.05) is 19.2 Å². The minimum atomic E-state index is -2.29. The largest absolute Gasteiger partial charge is 0.294 e. The van der Waals surface area contributed by atoms with Gasteiger partial charge in [-0.1, -0.05) is 0 Å². The van der Waals surface area contributed by atoms with Crippen LogP contribution in [0.5, 0.6) is 0 Å². The Morgan fingerprint density at radius 2 is 1.57 bits per heavy atom. The summed E-state index contributed by atoms with van der Waals surface area (Å²) in [7, 11) is 0. The van der Waals surface area contributed by atoms with Gasteiger partial charge in [-0.2, -0.15) is 5.10 Å². The molecule has 2 rings (SSSR count). The molecule has 112 valence electrons. The first kappa shape index (κ1) is 15.1. The third-order valence-electron chi connectivity index (χ3n) is 2.86. The molecule has 1 heterocycles. The average molecular weight is 304 g/mol. The second-order valence-electron chi connectivity index (χ2n) is 4.25. The number of hydrogen-bond acceptors (Lipinski definition) is 2. The van der Waals surface area contributed by atoms with Gasteiger partial charge >= 0.3 is 0 Å². The molecular weight excluding hydrogens is 295 g/mol. The third kappa shape index (κ3) is 2.65. The number of aromatic nitrogens is 2. The van der Waals surface area contributed by atoms with Crippen molar-refractivity contribution in [3.8, 4) is 0 Å². The lowest BCUT2D eigenvalue weighted by Gasteiger charge is -2.06. The lowest BCUT2D eigenvalue weighted by Crippen LogP contribution is -2.14. The van der Waals surface area contributed by atoms with Gasteiger partial charge in [0.2, 0.25) is 5.82 Å². The molecule has 0 aliphatic heterocycles. The highest BCUT2D eigenvalue weighted by Gasteiger charge is 2.29. The van der Waals surface area contributed by atoms with Gasteiger partial charge in [0.25, 0.3) is 0 Å². The Kier molecular flexibility index (Phi) is 4.06. The second kappa shape index (κ2) is 5.63. The van der Waals surface area contributed by atoms with Crippen molar-refractivity contribution in [2.75, 3.05) is 0 Å². The van der Waals surface area contributed by atoms with E-state index in [1.807, 2.05) is 0 Å². The summed E-state index contributed by atoms with van der Waals surface area (Å²) < 4.78 is 67.3. The van der Waals surface area contributed by atoms with Gasteiger partial charge in [-0.05, 0) is 12.5 Å². The maximum absolute atomic E-state index is 13.5. The summed E-state index contributed by atoms with van der Waals surface area (Å²) in [6, 6.07) is 0. The number of aryl methyl sites for hydroxylation is 1. The van der Waals surface area contributed by atoms with Gasteiger partial charge < -0.3 is 0 Å². The van der Waals surface area contributed by atoms with Gasteiger partial charge in [-0.25, -0.2) is 22.0 Å². The van der Waals surface area contributed by atoms with Crippen LogP contribution in [-0.2, 0) is 13.0 Å². The van der Waals surface area contributed by atoms with Crippen LogP contribution in [0.1, 0.15) is 22.8 Å². The van der Waals surface area contributed by atoms with Crippen molar-refractivity contribution in [1.82, 2.24) is 9.78 Å². The second-order valence-corrected chi connectivity index (χ2v) is 4.25. The molecular formula is C13H9F5N2O. The number of halogens is 5. The molecule has 2 aromatic rings. The fraction of sp³-hybridized carbons (Fsp3) is 0.231. The minimum Gasteiger partial charge on any atom is -0.294 e. The van der Waals surface area contributed by atoms with E-state index < -0.39 is 46.9 Å². The number of benzene rings is 1. The average Bonchev–Trinajstić information content (AvgIpc) is 2.90. The van der Waals surface area contributed by atoms with E-state index in [-0.39, 0.29) is 0 Å². The molecule has 0 N–H and O–H groups in total. The van der Waals surface area contributed by atoms with Crippen LogP contribution < -0.4 is 0 Å². The van der Waals surface area contributed by atoms with E-state index in [0.29, 0.717) is 12.1 Å². The first-order valence-electron chi connectivity index (χ1n) is 5.92. The molecule has 21 heavy (non-hydrogen) atoms. The Morgan fingerprint density at radius 3 is 2.05 bits per heavy atom. The Bertz CT molecular complexity index is 682. The van der Waals surface area contributed by atoms with Gasteiger partial charge in [0.15, 0.2) is 29.1 Å². The lowest BCUT2D eigenvalue weighted by molar-refractivity contribution is 0.0981. The van der Waals surface area contributed by atoms with Crippen molar-refractivity contribution in [3.63, 3.8) is 0 Å². The van der Waals surface area contributed by atoms with Crippen LogP contribution in [0, 0.1) is 29.1 Å². The molecule has 8 heteroatoms. The predicted octanol–water partition coefficient (Wildman–Crippen LogP) is 3.02. The Hall–Kier alpha value is -2.25. The molecule has 0 radical (unpaired) electrons. The monoisotopic (exact) mass is 304 g/mol. The van der Waals surface area contributed by atoms with E-state index in [9.17, 15) is 26.7 Å². The molecule has 0 saturated heterocycles. The van der Waals surface area contributed by atoms with Crippen LogP contribution >= 0.6 is 0 Å². The summed E-state index contributed by atoms with van der Waals surface area (Å²) in [6.45, 7) is 2.29. The normalized spacial score (nSPS) is 11.0. The molecule has 0 atom stereocenters. The van der Waals surface area contributed by atoms with Crippen LogP contribution in [0.25, 0.3) is 0 Å². The maximum Gasteiger partial charge on any atom is 0.200 e. The molecule has 1 aromatic carbocycles. The number of carbonyl (C=O) groups is 1. The van der Waals surface area contributed by atoms with E-state index >= 15 is 0 Å². The topological polar surface area (TPSA) is 34.9 Å². The van der Waals surface area contributed by atoms with Gasteiger partial charge in [0.05, 0.1) is 11.8 Å². The molecule has 0 amide bonds. The summed E-state index contributed by atoms with van der Waals surface area (Å²) in [6.07, 6.45) is 2.22. The molecule has 1 aromatic heterocycles. The van der Waals surface area contributed by atoms with Crippen molar-refractivity contribution < 1.29 is 26.7 Å². The summed E-state index contributed by atoms with van der Waals surface area (Å²) >= 11 is 0. The maximum atomic E-state index is 13.5. The molecule has 0 unspecified atom stereocenters. The SMILES string of the molecule is CCn1cc(CC(=O)c2c(F)c(F)c(F)c(F)c2F)cn1. The fourth-order valence-corrected chi connectivity index (χ4v) is 1.79. The number of carbonyl (C=O) groups excluding carboxylic acids is 1. The number of hydrogen-bond donors (Lipinski definition) is 0. The molecule has 0 fully saturated rings. The zero-order valence-corrected chi connectivity index (χ0v) is 10.8. The number of nitrogens with zero attached hydrogens (tertiary/aromatic N) is 2. The highest BCUT2D eigenvalue weighted by atomic mass is 19.2. The van der Waals surface area contributed by atoms with Crippen molar-refractivity contribution in [3.05, 3.63) is 52.6 Å². The molecule has 0 aliphatic carbocycles. The first-order valence-corrected chi connectivity index (χ1v) is 5.92. The van der Waals surface area contributed by atoms with Crippen LogP contribution in [0.3, 0.4) is 0 Å². The van der Waals surface area contributed by atoms with Gasteiger partial charge in [-0.15, -0.1) is 0 Å². The zero-order valence-electron chi connectivity index (χ0n) is 10.8. The number of rotatable bonds is 4. The zero-order chi connectivity index (χ0) is 15.7. The van der Waals surface area contributed by atoms with Crippen LogP contribution in [0.4, 0.5) is 22.0 Å². The van der Waals surface area contributed by atoms with Crippen LogP contribution in [0.2, 0.25) is 0 Å². The van der Waals surface area contributed by atoms with Crippen LogP contribution in [-0.4, -0.2) is 15.6 Å². The van der Waals surface area contributed by atoms with Crippen molar-refractivity contribution in [2.24, 2.45) is 0 Å². The molecule has 3 nitrogen and oxygen atoms in total. The first-order chi connectivity index (χ1) is 9.86. The van der Waals surface area contributed by atoms with E-state index in [1.54, 1.807) is 6.92 Å². The smallest absolute Gasteiger partial charge is 0.200 e. The number of ketones is 1. The summed E-state index contributed by atoms with van der Waals surface area (Å²) in [5.41, 5.74) is -1.12. The minimum absolute atomic E-state index is 0.311. The summed E-state index contributed by atoms with van der Waals surface area (Å²) in [5, 5.41) is 3.84. The molecule has 0 aliphatic rings. The lowest BCUT2D eigenvalue weighted by atomic mass is 10.0. The van der Waals surface area contributed by atoms with E-state index in [4.69, 9.17) is 0 Å². The highest BCUT2D eigenvalue weighted by Crippen LogP contribution is 2.24. The highest BCUT2D eigenvalue weighted by molar-refractivity contribution is 5.98. The molecule has 0 spiro atoms.